The van der Waals surface area contributed by atoms with Gasteiger partial charge in [0.1, 0.15) is 0 Å². The lowest BCUT2D eigenvalue weighted by Gasteiger charge is -2.36. The molecule has 0 bridgehead atoms. The van der Waals surface area contributed by atoms with Crippen molar-refractivity contribution >= 4 is 29.9 Å². The molecule has 164 valence electrons. The van der Waals surface area contributed by atoms with Crippen LogP contribution in [0.3, 0.4) is 0 Å². The first-order valence-corrected chi connectivity index (χ1v) is 9.97. The van der Waals surface area contributed by atoms with E-state index in [2.05, 4.69) is 36.3 Å². The quantitative estimate of drug-likeness (QED) is 0.596. The van der Waals surface area contributed by atoms with E-state index >= 15 is 0 Å². The van der Waals surface area contributed by atoms with Crippen molar-refractivity contribution in [1.82, 2.24) is 10.2 Å². The fourth-order valence-electron chi connectivity index (χ4n) is 3.71. The van der Waals surface area contributed by atoms with Gasteiger partial charge in [-0.3, -0.25) is 9.69 Å². The van der Waals surface area contributed by atoms with Gasteiger partial charge >= 0.3 is 6.18 Å². The summed E-state index contributed by atoms with van der Waals surface area (Å²) in [4.78, 5) is 14.7. The van der Waals surface area contributed by atoms with Crippen LogP contribution < -0.4 is 5.32 Å². The highest BCUT2D eigenvalue weighted by molar-refractivity contribution is 6.34. The number of alkyl halides is 3. The largest absolute Gasteiger partial charge is 0.417 e. The predicted octanol–water partition coefficient (Wildman–Crippen LogP) is 6.11. The molecule has 1 N–H and O–H groups in total. The molecule has 1 aliphatic rings. The number of piperidine rings is 1. The number of hydrogen-bond donors (Lipinski definition) is 1. The summed E-state index contributed by atoms with van der Waals surface area (Å²) in [7, 11) is 2.13. The van der Waals surface area contributed by atoms with Gasteiger partial charge in [0.25, 0.3) is 5.91 Å². The van der Waals surface area contributed by atoms with Crippen molar-refractivity contribution in [3.05, 3.63) is 69.7 Å². The summed E-state index contributed by atoms with van der Waals surface area (Å²) < 4.78 is 38.9. The number of rotatable bonds is 4. The van der Waals surface area contributed by atoms with E-state index in [9.17, 15) is 18.0 Å². The molecule has 3 nitrogen and oxygen atoms in total. The number of nitrogens with one attached hydrogen (secondary N) is 1. The van der Waals surface area contributed by atoms with E-state index in [1.165, 1.54) is 24.1 Å². The summed E-state index contributed by atoms with van der Waals surface area (Å²) in [5.74, 6) is 0.0541. The molecular formula is C22H25Cl2F3N2O. The van der Waals surface area contributed by atoms with Gasteiger partial charge in [-0.25, -0.2) is 0 Å². The first kappa shape index (κ1) is 24.5. The molecule has 30 heavy (non-hydrogen) atoms. The maximum absolute atomic E-state index is 13.0. The van der Waals surface area contributed by atoms with E-state index in [-0.39, 0.29) is 24.5 Å². The Labute approximate surface area is 186 Å². The molecule has 0 radical (unpaired) electrons. The van der Waals surface area contributed by atoms with E-state index in [1.807, 2.05) is 12.1 Å². The highest BCUT2D eigenvalue weighted by Gasteiger charge is 2.34. The van der Waals surface area contributed by atoms with Crippen molar-refractivity contribution in [2.75, 3.05) is 13.6 Å². The maximum atomic E-state index is 13.0. The highest BCUT2D eigenvalue weighted by atomic mass is 35.5. The van der Waals surface area contributed by atoms with Gasteiger partial charge < -0.3 is 5.32 Å². The summed E-state index contributed by atoms with van der Waals surface area (Å²) in [5, 5.41) is 2.07. The van der Waals surface area contributed by atoms with Crippen LogP contribution in [0.1, 0.15) is 52.9 Å². The van der Waals surface area contributed by atoms with E-state index < -0.39 is 22.7 Å². The van der Waals surface area contributed by atoms with Crippen molar-refractivity contribution in [3.63, 3.8) is 0 Å². The maximum Gasteiger partial charge on any atom is 0.417 e. The molecule has 2 atom stereocenters. The lowest BCUT2D eigenvalue weighted by atomic mass is 9.88. The summed E-state index contributed by atoms with van der Waals surface area (Å²) in [6.45, 7) is 3.55. The first-order valence-electron chi connectivity index (χ1n) is 9.59. The van der Waals surface area contributed by atoms with Crippen LogP contribution in [0.5, 0.6) is 0 Å². The van der Waals surface area contributed by atoms with E-state index in [0.29, 0.717) is 12.0 Å². The second kappa shape index (κ2) is 10.0. The smallest absolute Gasteiger partial charge is 0.348 e. The molecule has 8 heteroatoms. The molecule has 1 saturated heterocycles. The molecule has 0 aromatic heterocycles. The van der Waals surface area contributed by atoms with Crippen LogP contribution >= 0.6 is 24.0 Å². The number of likely N-dealkylation sites (tertiary alicyclic amines) is 1. The van der Waals surface area contributed by atoms with Crippen LogP contribution in [0.25, 0.3) is 0 Å². The lowest BCUT2D eigenvalue weighted by molar-refractivity contribution is -0.137. The molecule has 1 heterocycles. The van der Waals surface area contributed by atoms with Crippen molar-refractivity contribution in [2.45, 2.75) is 38.5 Å². The van der Waals surface area contributed by atoms with Gasteiger partial charge in [-0.15, -0.1) is 12.4 Å². The second-order valence-electron chi connectivity index (χ2n) is 7.72. The molecule has 3 rings (SSSR count). The third kappa shape index (κ3) is 5.68. The van der Waals surface area contributed by atoms with Crippen molar-refractivity contribution < 1.29 is 18.0 Å². The van der Waals surface area contributed by atoms with Gasteiger partial charge in [0, 0.05) is 12.6 Å². The van der Waals surface area contributed by atoms with Gasteiger partial charge in [-0.1, -0.05) is 48.9 Å². The van der Waals surface area contributed by atoms with E-state index in [0.717, 1.165) is 24.6 Å². The highest BCUT2D eigenvalue weighted by Crippen LogP contribution is 2.36. The average Bonchev–Trinajstić information content (AvgIpc) is 2.67. The van der Waals surface area contributed by atoms with Crippen molar-refractivity contribution in [3.8, 4) is 0 Å². The first-order chi connectivity index (χ1) is 13.7. The average molecular weight is 461 g/mol. The van der Waals surface area contributed by atoms with Gasteiger partial charge in [0.15, 0.2) is 0 Å². The lowest BCUT2D eigenvalue weighted by Crippen LogP contribution is -2.33. The second-order valence-corrected chi connectivity index (χ2v) is 8.09. The summed E-state index contributed by atoms with van der Waals surface area (Å²) in [5.41, 5.74) is 0.907. The normalized spacial score (nSPS) is 19.8. The summed E-state index contributed by atoms with van der Waals surface area (Å²) >= 11 is 5.82. The zero-order valence-electron chi connectivity index (χ0n) is 16.8. The topological polar surface area (TPSA) is 32.3 Å². The zero-order valence-corrected chi connectivity index (χ0v) is 18.4. The zero-order chi connectivity index (χ0) is 21.2. The number of halogens is 5. The Hall–Kier alpha value is -1.76. The van der Waals surface area contributed by atoms with E-state index in [1.54, 1.807) is 0 Å². The third-order valence-corrected chi connectivity index (χ3v) is 5.91. The molecule has 1 aliphatic heterocycles. The van der Waals surface area contributed by atoms with Gasteiger partial charge in [0.05, 0.1) is 16.1 Å². The Bertz CT molecular complexity index is 872. The molecule has 1 fully saturated rings. The number of hydrogen-bond acceptors (Lipinski definition) is 2. The number of benzene rings is 2. The van der Waals surface area contributed by atoms with Crippen molar-refractivity contribution in [2.24, 2.45) is 5.92 Å². The Morgan fingerprint density at radius 2 is 1.87 bits per heavy atom. The minimum absolute atomic E-state index is 0. The Kier molecular flexibility index (Phi) is 8.20. The summed E-state index contributed by atoms with van der Waals surface area (Å²) in [6, 6.07) is 11.7. The molecule has 2 aromatic rings. The van der Waals surface area contributed by atoms with Crippen LogP contribution in [0.2, 0.25) is 5.02 Å². The summed E-state index contributed by atoms with van der Waals surface area (Å²) in [6.07, 6.45) is -2.29. The fourth-order valence-corrected chi connectivity index (χ4v) is 4.03. The van der Waals surface area contributed by atoms with Crippen LogP contribution in [-0.4, -0.2) is 24.4 Å². The molecule has 1 amide bonds. The Balaban J connectivity index is 0.00000320. The van der Waals surface area contributed by atoms with E-state index in [4.69, 9.17) is 11.6 Å². The molecule has 0 spiro atoms. The number of nitrogens with zero attached hydrogens (tertiary/aromatic N) is 1. The molecule has 2 unspecified atom stereocenters. The van der Waals surface area contributed by atoms with Crippen LogP contribution in [-0.2, 0) is 12.7 Å². The van der Waals surface area contributed by atoms with Gasteiger partial charge in [0.2, 0.25) is 0 Å². The fraction of sp³-hybridized carbons (Fsp3) is 0.409. The minimum atomic E-state index is -4.60. The monoisotopic (exact) mass is 460 g/mol. The van der Waals surface area contributed by atoms with Crippen molar-refractivity contribution in [1.29, 1.82) is 0 Å². The number of carbonyl (C=O) groups is 1. The standard InChI is InChI=1S/C22H24ClF3N2O.ClH/c1-14-10-11-28(2)19(12-14)16-8-6-15(7-9-16)13-27-21(29)17-4-3-5-18(20(17)23)22(24,25)26;/h3-9,14,19H,10-13H2,1-2H3,(H,27,29);1H. The van der Waals surface area contributed by atoms with Crippen LogP contribution in [0, 0.1) is 5.92 Å². The Morgan fingerprint density at radius 3 is 2.50 bits per heavy atom. The molecule has 0 aliphatic carbocycles. The third-order valence-electron chi connectivity index (χ3n) is 5.50. The molecular weight excluding hydrogens is 436 g/mol. The molecule has 2 aromatic carbocycles. The number of amides is 1. The van der Waals surface area contributed by atoms with Gasteiger partial charge in [-0.05, 0) is 55.6 Å². The molecule has 0 saturated carbocycles. The number of carbonyl (C=O) groups excluding carboxylic acids is 1. The minimum Gasteiger partial charge on any atom is -0.348 e. The SMILES string of the molecule is CC1CCN(C)C(c2ccc(CNC(=O)c3cccc(C(F)(F)F)c3Cl)cc2)C1.Cl. The van der Waals surface area contributed by atoms with Crippen LogP contribution in [0.4, 0.5) is 13.2 Å². The van der Waals surface area contributed by atoms with Crippen LogP contribution in [0.15, 0.2) is 42.5 Å². The Morgan fingerprint density at radius 1 is 1.20 bits per heavy atom. The predicted molar refractivity (Wildman–Crippen MR) is 115 cm³/mol. The van der Waals surface area contributed by atoms with Gasteiger partial charge in [-0.2, -0.15) is 13.2 Å².